The first-order chi connectivity index (χ1) is 9.45. The van der Waals surface area contributed by atoms with Crippen LogP contribution in [-0.4, -0.2) is 45.3 Å². The van der Waals surface area contributed by atoms with Gasteiger partial charge in [-0.2, -0.15) is 4.31 Å². The lowest BCUT2D eigenvalue weighted by Crippen LogP contribution is -2.32. The number of H-pyrrole nitrogens is 1. The molecule has 8 heteroatoms. The Balaban J connectivity index is 2.83. The molecule has 1 amide bonds. The number of likely N-dealkylation sites (N-methyl/N-ethyl adjacent to an activating group) is 1. The van der Waals surface area contributed by atoms with Gasteiger partial charge in [0, 0.05) is 26.2 Å². The highest BCUT2D eigenvalue weighted by atomic mass is 32.2. The number of carbonyl (C=O) groups excluding carboxylic acids is 1. The lowest BCUT2D eigenvalue weighted by Gasteiger charge is -2.17. The Morgan fingerprint density at radius 1 is 1.30 bits per heavy atom. The molecule has 1 heterocycles. The smallest absolute Gasteiger partial charge is 0.272 e. The molecule has 0 atom stereocenters. The fourth-order valence-corrected chi connectivity index (χ4v) is 3.08. The number of pyridine rings is 1. The Kier molecular flexibility index (Phi) is 5.90. The number of carbonyl (C=O) groups is 1. The first-order valence-electron chi connectivity index (χ1n) is 6.42. The highest BCUT2D eigenvalue weighted by Gasteiger charge is 2.22. The van der Waals surface area contributed by atoms with Crippen molar-refractivity contribution in [3.05, 3.63) is 18.3 Å². The SMILES string of the molecule is CCN(CC)S(=O)(=O)c1ccc(NCC(=O)NC)[nH+]c1. The van der Waals surface area contributed by atoms with E-state index in [2.05, 4.69) is 15.6 Å². The third-order valence-corrected chi connectivity index (χ3v) is 4.89. The predicted octanol–water partition coefficient (Wildman–Crippen LogP) is -0.311. The van der Waals surface area contributed by atoms with Crippen molar-refractivity contribution < 1.29 is 18.2 Å². The molecule has 112 valence electrons. The molecule has 1 aromatic heterocycles. The zero-order valence-corrected chi connectivity index (χ0v) is 12.8. The van der Waals surface area contributed by atoms with Gasteiger partial charge in [-0.15, -0.1) is 0 Å². The molecule has 20 heavy (non-hydrogen) atoms. The topological polar surface area (TPSA) is 92.7 Å². The van der Waals surface area contributed by atoms with Crippen LogP contribution in [0.5, 0.6) is 0 Å². The number of aromatic amines is 1. The van der Waals surface area contributed by atoms with Crippen molar-refractivity contribution in [2.24, 2.45) is 0 Å². The monoisotopic (exact) mass is 301 g/mol. The fraction of sp³-hybridized carbons (Fsp3) is 0.500. The van der Waals surface area contributed by atoms with Crippen LogP contribution in [0, 0.1) is 0 Å². The fourth-order valence-electron chi connectivity index (χ4n) is 1.66. The summed E-state index contributed by atoms with van der Waals surface area (Å²) in [5.41, 5.74) is 0. The van der Waals surface area contributed by atoms with Gasteiger partial charge >= 0.3 is 0 Å². The van der Waals surface area contributed by atoms with Gasteiger partial charge in [-0.3, -0.25) is 10.1 Å². The maximum absolute atomic E-state index is 12.2. The molecule has 3 N–H and O–H groups in total. The van der Waals surface area contributed by atoms with Crippen molar-refractivity contribution in [2.75, 3.05) is 32.0 Å². The summed E-state index contributed by atoms with van der Waals surface area (Å²) in [6.45, 7) is 4.56. The molecular formula is C12H21N4O3S+. The number of amides is 1. The van der Waals surface area contributed by atoms with Gasteiger partial charge in [0.25, 0.3) is 11.7 Å². The minimum atomic E-state index is -3.46. The summed E-state index contributed by atoms with van der Waals surface area (Å²) < 4.78 is 25.9. The highest BCUT2D eigenvalue weighted by molar-refractivity contribution is 7.89. The van der Waals surface area contributed by atoms with Crippen LogP contribution in [0.25, 0.3) is 0 Å². The van der Waals surface area contributed by atoms with Crippen molar-refractivity contribution in [1.82, 2.24) is 9.62 Å². The van der Waals surface area contributed by atoms with Gasteiger partial charge in [-0.25, -0.2) is 13.4 Å². The van der Waals surface area contributed by atoms with Gasteiger partial charge in [-0.1, -0.05) is 13.8 Å². The molecule has 1 rings (SSSR count). The van der Waals surface area contributed by atoms with E-state index in [0.29, 0.717) is 18.9 Å². The first kappa shape index (κ1) is 16.4. The van der Waals surface area contributed by atoms with E-state index >= 15 is 0 Å². The third kappa shape index (κ3) is 3.91. The second kappa shape index (κ2) is 7.20. The first-order valence-corrected chi connectivity index (χ1v) is 7.86. The highest BCUT2D eigenvalue weighted by Crippen LogP contribution is 2.14. The van der Waals surface area contributed by atoms with Crippen LogP contribution >= 0.6 is 0 Å². The third-order valence-electron chi connectivity index (χ3n) is 2.85. The summed E-state index contributed by atoms with van der Waals surface area (Å²) in [4.78, 5) is 14.1. The summed E-state index contributed by atoms with van der Waals surface area (Å²) in [5, 5.41) is 5.34. The Hall–Kier alpha value is -1.67. The van der Waals surface area contributed by atoms with Crippen molar-refractivity contribution in [3.8, 4) is 0 Å². The number of anilines is 1. The van der Waals surface area contributed by atoms with E-state index in [9.17, 15) is 13.2 Å². The van der Waals surface area contributed by atoms with Gasteiger partial charge in [0.1, 0.15) is 11.1 Å². The zero-order valence-electron chi connectivity index (χ0n) is 11.9. The number of hydrogen-bond donors (Lipinski definition) is 2. The van der Waals surface area contributed by atoms with Crippen molar-refractivity contribution >= 4 is 21.7 Å². The molecule has 0 fully saturated rings. The number of nitrogens with zero attached hydrogens (tertiary/aromatic N) is 1. The maximum Gasteiger partial charge on any atom is 0.272 e. The van der Waals surface area contributed by atoms with Crippen LogP contribution in [0.4, 0.5) is 5.82 Å². The summed E-state index contributed by atoms with van der Waals surface area (Å²) in [7, 11) is -1.91. The molecule has 0 bridgehead atoms. The standard InChI is InChI=1S/C12H20N4O3S/c1-4-16(5-2)20(18,19)10-6-7-11(14-8-10)15-9-12(17)13-3/h6-8H,4-5,9H2,1-3H3,(H,13,17)(H,14,15)/p+1. The Morgan fingerprint density at radius 2 is 1.95 bits per heavy atom. The van der Waals surface area contributed by atoms with Crippen LogP contribution in [0.2, 0.25) is 0 Å². The average Bonchev–Trinajstić information content (AvgIpc) is 2.46. The van der Waals surface area contributed by atoms with Crippen LogP contribution in [0.15, 0.2) is 23.2 Å². The molecule has 0 radical (unpaired) electrons. The van der Waals surface area contributed by atoms with Crippen molar-refractivity contribution in [3.63, 3.8) is 0 Å². The molecule has 0 spiro atoms. The molecule has 0 aliphatic rings. The van der Waals surface area contributed by atoms with Crippen molar-refractivity contribution in [2.45, 2.75) is 18.7 Å². The normalized spacial score (nSPS) is 11.4. The number of rotatable bonds is 7. The minimum Gasteiger partial charge on any atom is -0.356 e. The summed E-state index contributed by atoms with van der Waals surface area (Å²) in [6, 6.07) is 3.11. The molecule has 0 unspecified atom stereocenters. The Morgan fingerprint density at radius 3 is 2.40 bits per heavy atom. The summed E-state index contributed by atoms with van der Waals surface area (Å²) in [6.07, 6.45) is 1.42. The van der Waals surface area contributed by atoms with E-state index in [1.54, 1.807) is 27.0 Å². The largest absolute Gasteiger partial charge is 0.356 e. The molecule has 0 saturated carbocycles. The molecule has 1 aromatic rings. The van der Waals surface area contributed by atoms with Crippen LogP contribution < -0.4 is 15.6 Å². The lowest BCUT2D eigenvalue weighted by molar-refractivity contribution is -0.364. The summed E-state index contributed by atoms with van der Waals surface area (Å²) in [5.74, 6) is 0.422. The molecule has 0 saturated heterocycles. The maximum atomic E-state index is 12.2. The van der Waals surface area contributed by atoms with E-state index in [4.69, 9.17) is 0 Å². The van der Waals surface area contributed by atoms with Gasteiger partial charge in [-0.05, 0) is 6.07 Å². The summed E-state index contributed by atoms with van der Waals surface area (Å²) >= 11 is 0. The van der Waals surface area contributed by atoms with E-state index in [1.165, 1.54) is 16.6 Å². The predicted molar refractivity (Wildman–Crippen MR) is 75.7 cm³/mol. The van der Waals surface area contributed by atoms with Gasteiger partial charge in [0.2, 0.25) is 10.0 Å². The van der Waals surface area contributed by atoms with Crippen molar-refractivity contribution in [1.29, 1.82) is 0 Å². The molecule has 0 aliphatic heterocycles. The molecule has 0 aromatic carbocycles. The second-order valence-corrected chi connectivity index (χ2v) is 5.99. The van der Waals surface area contributed by atoms with E-state index in [0.717, 1.165) is 0 Å². The Bertz CT molecular complexity index is 538. The molecular weight excluding hydrogens is 280 g/mol. The quantitative estimate of drug-likeness (QED) is 0.722. The Labute approximate surface area is 119 Å². The van der Waals surface area contributed by atoms with Gasteiger partial charge in [0.15, 0.2) is 6.54 Å². The van der Waals surface area contributed by atoms with Crippen LogP contribution in [0.1, 0.15) is 13.8 Å². The zero-order chi connectivity index (χ0) is 15.2. The molecule has 0 aliphatic carbocycles. The number of aromatic nitrogens is 1. The lowest BCUT2D eigenvalue weighted by atomic mass is 10.4. The number of sulfonamides is 1. The van der Waals surface area contributed by atoms with Crippen LogP contribution in [-0.2, 0) is 14.8 Å². The van der Waals surface area contributed by atoms with E-state index < -0.39 is 10.0 Å². The minimum absolute atomic E-state index is 0.120. The van der Waals surface area contributed by atoms with Gasteiger partial charge < -0.3 is 5.32 Å². The molecule has 7 nitrogen and oxygen atoms in total. The average molecular weight is 301 g/mol. The van der Waals surface area contributed by atoms with E-state index in [1.807, 2.05) is 0 Å². The van der Waals surface area contributed by atoms with Crippen LogP contribution in [0.3, 0.4) is 0 Å². The van der Waals surface area contributed by atoms with Gasteiger partial charge in [0.05, 0.1) is 0 Å². The van der Waals surface area contributed by atoms with E-state index in [-0.39, 0.29) is 17.3 Å². The number of nitrogens with one attached hydrogen (secondary N) is 3. The second-order valence-electron chi connectivity index (χ2n) is 4.05. The number of hydrogen-bond acceptors (Lipinski definition) is 4.